The lowest BCUT2D eigenvalue weighted by atomic mass is 10.3. The van der Waals surface area contributed by atoms with Gasteiger partial charge in [0.1, 0.15) is 12.3 Å². The van der Waals surface area contributed by atoms with E-state index in [1.807, 2.05) is 37.3 Å². The predicted molar refractivity (Wildman–Crippen MR) is 112 cm³/mol. The number of benzene rings is 2. The van der Waals surface area contributed by atoms with Crippen molar-refractivity contribution in [3.63, 3.8) is 0 Å². The highest BCUT2D eigenvalue weighted by molar-refractivity contribution is 5.91. The zero-order chi connectivity index (χ0) is 20.2. The van der Waals surface area contributed by atoms with Crippen LogP contribution in [0.4, 0.5) is 5.69 Å². The highest BCUT2D eigenvalue weighted by atomic mass is 16.5. The number of para-hydroxylation sites is 1. The molecule has 7 heteroatoms. The Labute approximate surface area is 167 Å². The summed E-state index contributed by atoms with van der Waals surface area (Å²) in [5, 5.41) is 2.82. The van der Waals surface area contributed by atoms with E-state index in [4.69, 9.17) is 4.74 Å². The van der Waals surface area contributed by atoms with Crippen molar-refractivity contribution in [3.8, 4) is 11.4 Å². The fraction of sp³-hybridized carbons (Fsp3) is 0.136. The molecule has 2 aromatic carbocycles. The zero-order valence-corrected chi connectivity index (χ0v) is 15.9. The van der Waals surface area contributed by atoms with E-state index in [0.29, 0.717) is 29.1 Å². The molecule has 146 valence electrons. The van der Waals surface area contributed by atoms with E-state index in [1.54, 1.807) is 42.6 Å². The Bertz CT molecular complexity index is 1190. The number of anilines is 1. The van der Waals surface area contributed by atoms with Crippen molar-refractivity contribution in [2.24, 2.45) is 0 Å². The Morgan fingerprint density at radius 3 is 2.52 bits per heavy atom. The smallest absolute Gasteiger partial charge is 0.335 e. The molecule has 0 unspecified atom stereocenters. The Hall–Kier alpha value is -3.87. The summed E-state index contributed by atoms with van der Waals surface area (Å²) in [5.74, 6) is 0.436. The molecule has 7 nitrogen and oxygen atoms in total. The first-order valence-electron chi connectivity index (χ1n) is 9.32. The molecule has 0 bridgehead atoms. The minimum atomic E-state index is -0.313. The van der Waals surface area contributed by atoms with Gasteiger partial charge in [0.05, 0.1) is 17.8 Å². The van der Waals surface area contributed by atoms with Crippen LogP contribution in [-0.4, -0.2) is 26.6 Å². The number of hydrogen-bond donors (Lipinski definition) is 1. The van der Waals surface area contributed by atoms with Crippen molar-refractivity contribution in [1.82, 2.24) is 14.1 Å². The van der Waals surface area contributed by atoms with Crippen molar-refractivity contribution in [2.75, 3.05) is 11.9 Å². The van der Waals surface area contributed by atoms with Crippen LogP contribution in [0.3, 0.4) is 0 Å². The Balaban J connectivity index is 1.63. The predicted octanol–water partition coefficient (Wildman–Crippen LogP) is 3.22. The number of carbonyl (C=O) groups excluding carboxylic acids is 1. The number of fused-ring (bicyclic) bond motifs is 1. The SMILES string of the molecule is CCOc1ccc(NC(=O)Cn2c(=O)n(-c3ccccc3)c3ncccc32)cc1. The van der Waals surface area contributed by atoms with Gasteiger partial charge >= 0.3 is 5.69 Å². The van der Waals surface area contributed by atoms with E-state index >= 15 is 0 Å². The molecule has 0 radical (unpaired) electrons. The largest absolute Gasteiger partial charge is 0.494 e. The first kappa shape index (κ1) is 18.5. The molecule has 29 heavy (non-hydrogen) atoms. The molecule has 4 aromatic rings. The van der Waals surface area contributed by atoms with E-state index in [0.717, 1.165) is 5.75 Å². The van der Waals surface area contributed by atoms with E-state index in [9.17, 15) is 9.59 Å². The lowest BCUT2D eigenvalue weighted by molar-refractivity contribution is -0.116. The van der Waals surface area contributed by atoms with Gasteiger partial charge < -0.3 is 10.1 Å². The maximum atomic E-state index is 13.1. The first-order valence-corrected chi connectivity index (χ1v) is 9.32. The summed E-state index contributed by atoms with van der Waals surface area (Å²) in [5.41, 5.74) is 2.14. The minimum Gasteiger partial charge on any atom is -0.494 e. The van der Waals surface area contributed by atoms with Gasteiger partial charge in [0.2, 0.25) is 5.91 Å². The van der Waals surface area contributed by atoms with Gasteiger partial charge in [-0.15, -0.1) is 0 Å². The summed E-state index contributed by atoms with van der Waals surface area (Å²) in [4.78, 5) is 30.0. The third-order valence-electron chi connectivity index (χ3n) is 4.46. The first-order chi connectivity index (χ1) is 14.2. The second-order valence-corrected chi connectivity index (χ2v) is 6.39. The number of aromatic nitrogens is 3. The fourth-order valence-electron chi connectivity index (χ4n) is 3.19. The molecule has 0 aliphatic rings. The molecule has 1 N–H and O–H groups in total. The molecule has 0 fully saturated rings. The van der Waals surface area contributed by atoms with Gasteiger partial charge in [0.25, 0.3) is 0 Å². The second kappa shape index (κ2) is 8.02. The Kier molecular flexibility index (Phi) is 5.11. The number of ether oxygens (including phenoxy) is 1. The highest BCUT2D eigenvalue weighted by Gasteiger charge is 2.17. The van der Waals surface area contributed by atoms with Gasteiger partial charge in [0.15, 0.2) is 5.65 Å². The summed E-state index contributed by atoms with van der Waals surface area (Å²) >= 11 is 0. The quantitative estimate of drug-likeness (QED) is 0.550. The van der Waals surface area contributed by atoms with Crippen LogP contribution in [-0.2, 0) is 11.3 Å². The minimum absolute atomic E-state index is 0.117. The lowest BCUT2D eigenvalue weighted by Gasteiger charge is -2.08. The van der Waals surface area contributed by atoms with Crippen molar-refractivity contribution in [3.05, 3.63) is 83.4 Å². The standard InChI is InChI=1S/C22H20N4O3/c1-2-29-18-12-10-16(11-13-18)24-20(27)15-25-19-9-6-14-23-21(19)26(22(25)28)17-7-4-3-5-8-17/h3-14H,2,15H2,1H3,(H,24,27). The van der Waals surface area contributed by atoms with E-state index in [1.165, 1.54) is 9.13 Å². The molecular weight excluding hydrogens is 368 g/mol. The number of imidazole rings is 1. The van der Waals surface area contributed by atoms with E-state index in [2.05, 4.69) is 10.3 Å². The molecule has 0 saturated carbocycles. The molecule has 0 aliphatic carbocycles. The maximum Gasteiger partial charge on any atom is 0.335 e. The normalized spacial score (nSPS) is 10.8. The van der Waals surface area contributed by atoms with Crippen molar-refractivity contribution in [2.45, 2.75) is 13.5 Å². The van der Waals surface area contributed by atoms with Crippen LogP contribution >= 0.6 is 0 Å². The van der Waals surface area contributed by atoms with Crippen LogP contribution in [0.5, 0.6) is 5.75 Å². The van der Waals surface area contributed by atoms with Crippen molar-refractivity contribution < 1.29 is 9.53 Å². The Morgan fingerprint density at radius 1 is 1.03 bits per heavy atom. The third kappa shape index (κ3) is 3.75. The maximum absolute atomic E-state index is 13.1. The molecule has 0 saturated heterocycles. The summed E-state index contributed by atoms with van der Waals surface area (Å²) in [7, 11) is 0. The van der Waals surface area contributed by atoms with Gasteiger partial charge in [-0.2, -0.15) is 0 Å². The van der Waals surface area contributed by atoms with E-state index < -0.39 is 0 Å². The second-order valence-electron chi connectivity index (χ2n) is 6.39. The summed E-state index contributed by atoms with van der Waals surface area (Å²) in [6, 6.07) is 19.9. The Morgan fingerprint density at radius 2 is 1.79 bits per heavy atom. The molecule has 2 aromatic heterocycles. The molecule has 4 rings (SSSR count). The number of pyridine rings is 1. The number of amides is 1. The molecular formula is C22H20N4O3. The average molecular weight is 388 g/mol. The summed E-state index contributed by atoms with van der Waals surface area (Å²) in [6.07, 6.45) is 1.63. The monoisotopic (exact) mass is 388 g/mol. The van der Waals surface area contributed by atoms with Crippen molar-refractivity contribution >= 4 is 22.8 Å². The number of carbonyl (C=O) groups is 1. The van der Waals surface area contributed by atoms with Gasteiger partial charge in [-0.05, 0) is 55.5 Å². The zero-order valence-electron chi connectivity index (χ0n) is 15.9. The lowest BCUT2D eigenvalue weighted by Crippen LogP contribution is -2.28. The molecule has 2 heterocycles. The van der Waals surface area contributed by atoms with Crippen LogP contribution in [0.1, 0.15) is 6.92 Å². The fourth-order valence-corrected chi connectivity index (χ4v) is 3.19. The molecule has 1 amide bonds. The van der Waals surface area contributed by atoms with Gasteiger partial charge in [-0.3, -0.25) is 9.36 Å². The number of nitrogens with zero attached hydrogens (tertiary/aromatic N) is 3. The summed E-state index contributed by atoms with van der Waals surface area (Å²) < 4.78 is 8.35. The van der Waals surface area contributed by atoms with Crippen molar-refractivity contribution in [1.29, 1.82) is 0 Å². The topological polar surface area (TPSA) is 78.1 Å². The van der Waals surface area contributed by atoms with E-state index in [-0.39, 0.29) is 18.1 Å². The molecule has 0 aliphatic heterocycles. The van der Waals surface area contributed by atoms with Gasteiger partial charge in [0, 0.05) is 11.9 Å². The molecule has 0 spiro atoms. The van der Waals surface area contributed by atoms with Crippen LogP contribution in [0.15, 0.2) is 77.7 Å². The highest BCUT2D eigenvalue weighted by Crippen LogP contribution is 2.17. The van der Waals surface area contributed by atoms with Gasteiger partial charge in [-0.1, -0.05) is 18.2 Å². The summed E-state index contributed by atoms with van der Waals surface area (Å²) in [6.45, 7) is 2.37. The molecule has 0 atom stereocenters. The average Bonchev–Trinajstić information content (AvgIpc) is 3.02. The van der Waals surface area contributed by atoms with Crippen LogP contribution in [0, 0.1) is 0 Å². The number of nitrogens with one attached hydrogen (secondary N) is 1. The number of rotatable bonds is 6. The van der Waals surface area contributed by atoms with Crippen LogP contribution in [0.2, 0.25) is 0 Å². The van der Waals surface area contributed by atoms with Gasteiger partial charge in [-0.25, -0.2) is 14.3 Å². The van der Waals surface area contributed by atoms with Crippen LogP contribution < -0.4 is 15.7 Å². The number of hydrogen-bond acceptors (Lipinski definition) is 4. The third-order valence-corrected chi connectivity index (χ3v) is 4.46. The van der Waals surface area contributed by atoms with Crippen LogP contribution in [0.25, 0.3) is 16.9 Å².